The summed E-state index contributed by atoms with van der Waals surface area (Å²) in [5, 5.41) is 13.0. The summed E-state index contributed by atoms with van der Waals surface area (Å²) in [5.74, 6) is -0.224. The van der Waals surface area contributed by atoms with E-state index in [1.807, 2.05) is 25.1 Å². The van der Waals surface area contributed by atoms with Gasteiger partial charge in [0.15, 0.2) is 5.69 Å². The molecule has 5 heteroatoms. The predicted molar refractivity (Wildman–Crippen MR) is 66.5 cm³/mol. The molecule has 0 amide bonds. The third kappa shape index (κ3) is 2.07. The summed E-state index contributed by atoms with van der Waals surface area (Å²) in [6.45, 7) is 3.65. The van der Waals surface area contributed by atoms with Gasteiger partial charge in [-0.25, -0.2) is 9.48 Å². The Balaban J connectivity index is 2.46. The third-order valence-corrected chi connectivity index (χ3v) is 2.74. The number of carboxylic acid groups (broad SMARTS) is 1. The Labute approximate surface area is 105 Å². The van der Waals surface area contributed by atoms with E-state index >= 15 is 0 Å². The second-order valence-electron chi connectivity index (χ2n) is 4.06. The van der Waals surface area contributed by atoms with E-state index in [1.165, 1.54) is 0 Å². The van der Waals surface area contributed by atoms with Crippen LogP contribution in [0.1, 0.15) is 21.6 Å². The molecule has 0 saturated heterocycles. The normalized spacial score (nSPS) is 10.4. The minimum absolute atomic E-state index is 0.0727. The first-order valence-electron chi connectivity index (χ1n) is 5.47. The number of nitrogens with zero attached hydrogens (tertiary/aromatic N) is 2. The molecule has 1 N–H and O–H groups in total. The van der Waals surface area contributed by atoms with E-state index in [1.54, 1.807) is 24.9 Å². The van der Waals surface area contributed by atoms with Crippen molar-refractivity contribution in [3.63, 3.8) is 0 Å². The van der Waals surface area contributed by atoms with Crippen molar-refractivity contribution in [1.29, 1.82) is 0 Å². The van der Waals surface area contributed by atoms with E-state index < -0.39 is 5.97 Å². The van der Waals surface area contributed by atoms with Gasteiger partial charge in [0.2, 0.25) is 0 Å². The van der Waals surface area contributed by atoms with Gasteiger partial charge in [-0.05, 0) is 37.6 Å². The van der Waals surface area contributed by atoms with Crippen molar-refractivity contribution in [2.24, 2.45) is 0 Å². The highest BCUT2D eigenvalue weighted by Crippen LogP contribution is 2.21. The van der Waals surface area contributed by atoms with Gasteiger partial charge in [-0.15, -0.1) is 0 Å². The summed E-state index contributed by atoms with van der Waals surface area (Å²) in [6, 6.07) is 5.57. The van der Waals surface area contributed by atoms with Crippen molar-refractivity contribution in [3.05, 3.63) is 41.2 Å². The number of methoxy groups -OCH3 is 1. The van der Waals surface area contributed by atoms with Crippen LogP contribution in [0.15, 0.2) is 24.4 Å². The van der Waals surface area contributed by atoms with Crippen LogP contribution in [-0.4, -0.2) is 28.0 Å². The Hall–Kier alpha value is -2.30. The molecule has 0 saturated carbocycles. The number of carbonyl (C=O) groups is 1. The first-order valence-corrected chi connectivity index (χ1v) is 5.47. The van der Waals surface area contributed by atoms with Crippen LogP contribution in [0.5, 0.6) is 5.75 Å². The fourth-order valence-corrected chi connectivity index (χ4v) is 1.81. The van der Waals surface area contributed by atoms with Gasteiger partial charge in [0.25, 0.3) is 0 Å². The Morgan fingerprint density at radius 1 is 1.33 bits per heavy atom. The maximum atomic E-state index is 10.9. The number of ether oxygens (including phenoxy) is 1. The van der Waals surface area contributed by atoms with Crippen molar-refractivity contribution in [3.8, 4) is 11.4 Å². The van der Waals surface area contributed by atoms with Crippen LogP contribution in [0, 0.1) is 13.8 Å². The van der Waals surface area contributed by atoms with Gasteiger partial charge in [-0.3, -0.25) is 0 Å². The minimum Gasteiger partial charge on any atom is -0.496 e. The Kier molecular flexibility index (Phi) is 3.06. The number of carboxylic acids is 1. The molecule has 2 rings (SSSR count). The molecule has 0 radical (unpaired) electrons. The van der Waals surface area contributed by atoms with Gasteiger partial charge in [0.1, 0.15) is 5.75 Å². The molecule has 0 bridgehead atoms. The lowest BCUT2D eigenvalue weighted by molar-refractivity contribution is 0.0689. The van der Waals surface area contributed by atoms with Gasteiger partial charge in [-0.2, -0.15) is 5.10 Å². The van der Waals surface area contributed by atoms with Crippen molar-refractivity contribution >= 4 is 5.97 Å². The summed E-state index contributed by atoms with van der Waals surface area (Å²) >= 11 is 0. The van der Waals surface area contributed by atoms with Crippen molar-refractivity contribution in [2.45, 2.75) is 13.8 Å². The summed E-state index contributed by atoms with van der Waals surface area (Å²) in [5.41, 5.74) is 2.49. The lowest BCUT2D eigenvalue weighted by Crippen LogP contribution is -2.02. The van der Waals surface area contributed by atoms with E-state index in [4.69, 9.17) is 9.84 Å². The summed E-state index contributed by atoms with van der Waals surface area (Å²) in [6.07, 6.45) is 1.70. The standard InChI is InChI=1S/C13H14N2O3/c1-8-6-10(4-5-11(8)18-3)15-7-9(2)12(14-15)13(16)17/h4-7H,1-3H3,(H,16,17). The number of aromatic carboxylic acids is 1. The minimum atomic E-state index is -1.02. The van der Waals surface area contributed by atoms with Crippen LogP contribution in [0.4, 0.5) is 0 Å². The van der Waals surface area contributed by atoms with Crippen LogP contribution < -0.4 is 4.74 Å². The Morgan fingerprint density at radius 3 is 2.56 bits per heavy atom. The monoisotopic (exact) mass is 246 g/mol. The first kappa shape index (κ1) is 12.2. The maximum absolute atomic E-state index is 10.9. The van der Waals surface area contributed by atoms with Gasteiger partial charge in [0, 0.05) is 11.8 Å². The summed E-state index contributed by atoms with van der Waals surface area (Å²) in [7, 11) is 1.61. The van der Waals surface area contributed by atoms with Crippen LogP contribution in [0.2, 0.25) is 0 Å². The molecular weight excluding hydrogens is 232 g/mol. The molecule has 1 aromatic carbocycles. The number of benzene rings is 1. The molecule has 0 aliphatic heterocycles. The van der Waals surface area contributed by atoms with E-state index in [0.717, 1.165) is 17.0 Å². The topological polar surface area (TPSA) is 64.3 Å². The van der Waals surface area contributed by atoms with Crippen molar-refractivity contribution in [1.82, 2.24) is 9.78 Å². The molecular formula is C13H14N2O3. The Morgan fingerprint density at radius 2 is 2.06 bits per heavy atom. The molecule has 0 aliphatic carbocycles. The van der Waals surface area contributed by atoms with Crippen molar-refractivity contribution in [2.75, 3.05) is 7.11 Å². The summed E-state index contributed by atoms with van der Waals surface area (Å²) < 4.78 is 6.74. The molecule has 1 aromatic heterocycles. The number of aromatic nitrogens is 2. The quantitative estimate of drug-likeness (QED) is 0.901. The second-order valence-corrected chi connectivity index (χ2v) is 4.06. The van der Waals surface area contributed by atoms with E-state index in [0.29, 0.717) is 5.56 Å². The van der Waals surface area contributed by atoms with Gasteiger partial charge < -0.3 is 9.84 Å². The molecule has 94 valence electrons. The average molecular weight is 246 g/mol. The molecule has 2 aromatic rings. The zero-order valence-electron chi connectivity index (χ0n) is 10.5. The molecule has 0 spiro atoms. The number of hydrogen-bond donors (Lipinski definition) is 1. The van der Waals surface area contributed by atoms with E-state index in [-0.39, 0.29) is 5.69 Å². The zero-order chi connectivity index (χ0) is 13.3. The Bertz CT molecular complexity index is 602. The highest BCUT2D eigenvalue weighted by molar-refractivity contribution is 5.86. The van der Waals surface area contributed by atoms with E-state index in [9.17, 15) is 4.79 Å². The number of hydrogen-bond acceptors (Lipinski definition) is 3. The fraction of sp³-hybridized carbons (Fsp3) is 0.231. The average Bonchev–Trinajstić information content (AvgIpc) is 2.71. The highest BCUT2D eigenvalue weighted by atomic mass is 16.5. The van der Waals surface area contributed by atoms with Crippen LogP contribution >= 0.6 is 0 Å². The summed E-state index contributed by atoms with van der Waals surface area (Å²) in [4.78, 5) is 10.9. The highest BCUT2D eigenvalue weighted by Gasteiger charge is 2.13. The first-order chi connectivity index (χ1) is 8.52. The van der Waals surface area contributed by atoms with Gasteiger partial charge in [0.05, 0.1) is 12.8 Å². The largest absolute Gasteiger partial charge is 0.496 e. The number of rotatable bonds is 3. The molecule has 0 fully saturated rings. The molecule has 18 heavy (non-hydrogen) atoms. The van der Waals surface area contributed by atoms with Crippen LogP contribution in [-0.2, 0) is 0 Å². The smallest absolute Gasteiger partial charge is 0.356 e. The van der Waals surface area contributed by atoms with Gasteiger partial charge >= 0.3 is 5.97 Å². The fourth-order valence-electron chi connectivity index (χ4n) is 1.81. The molecule has 0 unspecified atom stereocenters. The van der Waals surface area contributed by atoms with Gasteiger partial charge in [-0.1, -0.05) is 0 Å². The van der Waals surface area contributed by atoms with E-state index in [2.05, 4.69) is 5.10 Å². The second kappa shape index (κ2) is 4.52. The van der Waals surface area contributed by atoms with Crippen LogP contribution in [0.3, 0.4) is 0 Å². The molecule has 0 aliphatic rings. The third-order valence-electron chi connectivity index (χ3n) is 2.74. The van der Waals surface area contributed by atoms with Crippen LogP contribution in [0.25, 0.3) is 5.69 Å². The predicted octanol–water partition coefficient (Wildman–Crippen LogP) is 2.20. The maximum Gasteiger partial charge on any atom is 0.356 e. The molecule has 1 heterocycles. The molecule has 0 atom stereocenters. The zero-order valence-corrected chi connectivity index (χ0v) is 10.5. The number of aryl methyl sites for hydroxylation is 2. The SMILES string of the molecule is COc1ccc(-n2cc(C)c(C(=O)O)n2)cc1C. The lowest BCUT2D eigenvalue weighted by Gasteiger charge is -2.07. The molecule has 5 nitrogen and oxygen atoms in total. The van der Waals surface area contributed by atoms with Crippen molar-refractivity contribution < 1.29 is 14.6 Å². The lowest BCUT2D eigenvalue weighted by atomic mass is 10.2.